The first kappa shape index (κ1) is 11.5. The minimum Gasteiger partial charge on any atom is -0.312 e. The van der Waals surface area contributed by atoms with E-state index in [1.165, 1.54) is 12.8 Å². The molecule has 5 heteroatoms. The SMILES string of the molecule is CCNC(Cn1ccn2nccc2c1=O)C1CC1. The Morgan fingerprint density at radius 3 is 3.06 bits per heavy atom. The molecule has 5 nitrogen and oxygen atoms in total. The van der Waals surface area contributed by atoms with E-state index in [4.69, 9.17) is 0 Å². The van der Waals surface area contributed by atoms with Crippen molar-refractivity contribution in [2.75, 3.05) is 6.54 Å². The largest absolute Gasteiger partial charge is 0.312 e. The third-order valence-corrected chi connectivity index (χ3v) is 3.59. The van der Waals surface area contributed by atoms with Crippen LogP contribution in [0, 0.1) is 5.92 Å². The molecule has 0 aromatic carbocycles. The summed E-state index contributed by atoms with van der Waals surface area (Å²) in [5, 5.41) is 7.55. The highest BCUT2D eigenvalue weighted by atomic mass is 16.1. The van der Waals surface area contributed by atoms with Crippen molar-refractivity contribution in [3.8, 4) is 0 Å². The Kier molecular flexibility index (Phi) is 2.91. The molecule has 2 aromatic heterocycles. The predicted octanol–water partition coefficient (Wildman–Crippen LogP) is 0.884. The number of hydrogen-bond acceptors (Lipinski definition) is 3. The van der Waals surface area contributed by atoms with Crippen molar-refractivity contribution in [1.29, 1.82) is 0 Å². The molecule has 0 radical (unpaired) electrons. The summed E-state index contributed by atoms with van der Waals surface area (Å²) in [6.45, 7) is 3.81. The maximum Gasteiger partial charge on any atom is 0.276 e. The first-order valence-electron chi connectivity index (χ1n) is 6.55. The summed E-state index contributed by atoms with van der Waals surface area (Å²) in [5.41, 5.74) is 0.682. The van der Waals surface area contributed by atoms with Crippen LogP contribution in [0.3, 0.4) is 0 Å². The molecule has 96 valence electrons. The van der Waals surface area contributed by atoms with Gasteiger partial charge in [-0.1, -0.05) is 6.92 Å². The highest BCUT2D eigenvalue weighted by Crippen LogP contribution is 2.33. The zero-order valence-corrected chi connectivity index (χ0v) is 10.5. The van der Waals surface area contributed by atoms with Gasteiger partial charge < -0.3 is 9.88 Å². The summed E-state index contributed by atoms with van der Waals surface area (Å²) in [5.74, 6) is 0.734. The Balaban J connectivity index is 1.88. The maximum absolute atomic E-state index is 12.2. The third kappa shape index (κ3) is 2.06. The van der Waals surface area contributed by atoms with Crippen LogP contribution in [-0.4, -0.2) is 26.8 Å². The Morgan fingerprint density at radius 1 is 1.50 bits per heavy atom. The molecule has 0 aliphatic heterocycles. The number of fused-ring (bicyclic) bond motifs is 1. The lowest BCUT2D eigenvalue weighted by molar-refractivity contribution is 0.410. The Hall–Kier alpha value is -1.62. The zero-order chi connectivity index (χ0) is 12.5. The van der Waals surface area contributed by atoms with Crippen LogP contribution < -0.4 is 10.9 Å². The average Bonchev–Trinajstić information content (AvgIpc) is 3.10. The number of nitrogens with one attached hydrogen (secondary N) is 1. The van der Waals surface area contributed by atoms with E-state index in [1.807, 2.05) is 12.4 Å². The first-order valence-corrected chi connectivity index (χ1v) is 6.55. The van der Waals surface area contributed by atoms with Gasteiger partial charge in [0.2, 0.25) is 0 Å². The second kappa shape index (κ2) is 4.57. The van der Waals surface area contributed by atoms with Crippen molar-refractivity contribution in [3.05, 3.63) is 35.0 Å². The molecule has 3 rings (SSSR count). The molecule has 1 fully saturated rings. The summed E-state index contributed by atoms with van der Waals surface area (Å²) < 4.78 is 3.42. The minimum atomic E-state index is 0.0403. The maximum atomic E-state index is 12.2. The lowest BCUT2D eigenvalue weighted by atomic mass is 10.2. The molecule has 0 spiro atoms. The van der Waals surface area contributed by atoms with Crippen molar-refractivity contribution in [3.63, 3.8) is 0 Å². The molecule has 18 heavy (non-hydrogen) atoms. The van der Waals surface area contributed by atoms with Gasteiger partial charge in [0.05, 0.1) is 6.20 Å². The van der Waals surface area contributed by atoms with E-state index in [9.17, 15) is 4.79 Å². The summed E-state index contributed by atoms with van der Waals surface area (Å²) in [6, 6.07) is 2.18. The Labute approximate surface area is 105 Å². The summed E-state index contributed by atoms with van der Waals surface area (Å²) >= 11 is 0. The lowest BCUT2D eigenvalue weighted by Gasteiger charge is -2.18. The normalized spacial score (nSPS) is 17.2. The van der Waals surface area contributed by atoms with Crippen LogP contribution in [0.1, 0.15) is 19.8 Å². The molecule has 0 saturated heterocycles. The molecule has 1 atom stereocenters. The molecule has 1 N–H and O–H groups in total. The zero-order valence-electron chi connectivity index (χ0n) is 10.5. The number of likely N-dealkylation sites (N-methyl/N-ethyl adjacent to an activating group) is 1. The monoisotopic (exact) mass is 246 g/mol. The minimum absolute atomic E-state index is 0.0403. The fraction of sp³-hybridized carbons (Fsp3) is 0.538. The second-order valence-corrected chi connectivity index (χ2v) is 4.92. The number of nitrogens with zero attached hydrogens (tertiary/aromatic N) is 3. The van der Waals surface area contributed by atoms with Gasteiger partial charge >= 0.3 is 0 Å². The molecule has 2 aromatic rings. The molecule has 0 bridgehead atoms. The molecule has 1 saturated carbocycles. The third-order valence-electron chi connectivity index (χ3n) is 3.59. The van der Waals surface area contributed by atoms with Gasteiger partial charge in [0.1, 0.15) is 5.52 Å². The van der Waals surface area contributed by atoms with Crippen LogP contribution in [0.25, 0.3) is 5.52 Å². The van der Waals surface area contributed by atoms with E-state index in [1.54, 1.807) is 21.3 Å². The second-order valence-electron chi connectivity index (χ2n) is 4.92. The van der Waals surface area contributed by atoms with Crippen molar-refractivity contribution in [2.45, 2.75) is 32.4 Å². The fourth-order valence-electron chi connectivity index (χ4n) is 2.46. The van der Waals surface area contributed by atoms with Crippen molar-refractivity contribution in [1.82, 2.24) is 19.5 Å². The molecule has 2 heterocycles. The molecule has 1 aliphatic carbocycles. The van der Waals surface area contributed by atoms with Crippen molar-refractivity contribution in [2.24, 2.45) is 5.92 Å². The van der Waals surface area contributed by atoms with E-state index >= 15 is 0 Å². The molecule has 1 unspecified atom stereocenters. The molecule has 0 amide bonds. The van der Waals surface area contributed by atoms with E-state index in [0.717, 1.165) is 19.0 Å². The van der Waals surface area contributed by atoms with Crippen LogP contribution in [0.5, 0.6) is 0 Å². The van der Waals surface area contributed by atoms with Gasteiger partial charge in [-0.2, -0.15) is 5.10 Å². The van der Waals surface area contributed by atoms with Crippen LogP contribution >= 0.6 is 0 Å². The van der Waals surface area contributed by atoms with Gasteiger partial charge in [0.25, 0.3) is 5.56 Å². The van der Waals surface area contributed by atoms with E-state index in [2.05, 4.69) is 17.3 Å². The number of hydrogen-bond donors (Lipinski definition) is 1. The summed E-state index contributed by atoms with van der Waals surface area (Å²) in [4.78, 5) is 12.2. The predicted molar refractivity (Wildman–Crippen MR) is 69.6 cm³/mol. The highest BCUT2D eigenvalue weighted by Gasteiger charge is 2.30. The molecular formula is C13H18N4O. The number of rotatable bonds is 5. The first-order chi connectivity index (χ1) is 8.79. The lowest BCUT2D eigenvalue weighted by Crippen LogP contribution is -2.38. The van der Waals surface area contributed by atoms with Gasteiger partial charge in [-0.25, -0.2) is 4.52 Å². The average molecular weight is 246 g/mol. The smallest absolute Gasteiger partial charge is 0.276 e. The van der Waals surface area contributed by atoms with Crippen LogP contribution in [0.15, 0.2) is 29.5 Å². The van der Waals surface area contributed by atoms with Crippen LogP contribution in [0.4, 0.5) is 0 Å². The van der Waals surface area contributed by atoms with E-state index < -0.39 is 0 Å². The quantitative estimate of drug-likeness (QED) is 0.852. The highest BCUT2D eigenvalue weighted by molar-refractivity contribution is 5.42. The van der Waals surface area contributed by atoms with E-state index in [0.29, 0.717) is 11.6 Å². The Morgan fingerprint density at radius 2 is 2.33 bits per heavy atom. The van der Waals surface area contributed by atoms with Crippen LogP contribution in [0.2, 0.25) is 0 Å². The van der Waals surface area contributed by atoms with Gasteiger partial charge in [-0.05, 0) is 31.4 Å². The Bertz CT molecular complexity index is 596. The number of aromatic nitrogens is 3. The standard InChI is InChI=1S/C13H18N4O/c1-2-14-11(10-3-4-10)9-16-7-8-17-12(13(16)18)5-6-15-17/h5-8,10-11,14H,2-4,9H2,1H3. The topological polar surface area (TPSA) is 51.3 Å². The molecular weight excluding hydrogens is 228 g/mol. The summed E-state index contributed by atoms with van der Waals surface area (Å²) in [7, 11) is 0. The van der Waals surface area contributed by atoms with Crippen LogP contribution in [-0.2, 0) is 6.54 Å². The van der Waals surface area contributed by atoms with Crippen molar-refractivity contribution >= 4 is 5.52 Å². The van der Waals surface area contributed by atoms with Gasteiger partial charge in [-0.3, -0.25) is 4.79 Å². The van der Waals surface area contributed by atoms with Gasteiger partial charge in [-0.15, -0.1) is 0 Å². The van der Waals surface area contributed by atoms with Gasteiger partial charge in [0.15, 0.2) is 0 Å². The fourth-order valence-corrected chi connectivity index (χ4v) is 2.46. The summed E-state index contributed by atoms with van der Waals surface area (Å²) in [6.07, 6.45) is 7.88. The van der Waals surface area contributed by atoms with Crippen molar-refractivity contribution < 1.29 is 0 Å². The van der Waals surface area contributed by atoms with Gasteiger partial charge in [0, 0.05) is 25.0 Å². The van der Waals surface area contributed by atoms with E-state index in [-0.39, 0.29) is 5.56 Å². The molecule has 1 aliphatic rings.